The van der Waals surface area contributed by atoms with Crippen LogP contribution < -0.4 is 4.74 Å². The third-order valence-corrected chi connectivity index (χ3v) is 6.09. The van der Waals surface area contributed by atoms with Crippen molar-refractivity contribution in [2.75, 3.05) is 21.2 Å². The summed E-state index contributed by atoms with van der Waals surface area (Å²) >= 11 is 0. The van der Waals surface area contributed by atoms with Crippen LogP contribution in [-0.2, 0) is 22.7 Å². The van der Waals surface area contributed by atoms with Crippen LogP contribution in [0.4, 0.5) is 17.6 Å². The van der Waals surface area contributed by atoms with Crippen LogP contribution in [0.2, 0.25) is 0 Å². The van der Waals surface area contributed by atoms with E-state index in [9.17, 15) is 26.0 Å². The normalized spacial score (nSPS) is 12.7. The monoisotopic (exact) mass is 430 g/mol. The first kappa shape index (κ1) is 21.1. The van der Waals surface area contributed by atoms with Gasteiger partial charge in [0.05, 0.1) is 23.1 Å². The van der Waals surface area contributed by atoms with Crippen molar-refractivity contribution in [2.24, 2.45) is 0 Å². The zero-order valence-electron chi connectivity index (χ0n) is 15.8. The predicted octanol–water partition coefficient (Wildman–Crippen LogP) is 4.11. The maximum Gasteiger partial charge on any atom is 0.419 e. The lowest BCUT2D eigenvalue weighted by Crippen LogP contribution is -2.15. The number of fused-ring (bicyclic) bond motifs is 1. The smallest absolute Gasteiger partial charge is 0.419 e. The topological polar surface area (TPSA) is 51.5 Å². The molecule has 10 heteroatoms. The van der Waals surface area contributed by atoms with Gasteiger partial charge in [-0.15, -0.1) is 0 Å². The quantitative estimate of drug-likeness (QED) is 0.572. The van der Waals surface area contributed by atoms with Crippen LogP contribution in [0.5, 0.6) is 5.75 Å². The Morgan fingerprint density at radius 2 is 1.79 bits per heavy atom. The fourth-order valence-electron chi connectivity index (χ4n) is 3.11. The lowest BCUT2D eigenvalue weighted by atomic mass is 10.1. The summed E-state index contributed by atoms with van der Waals surface area (Å²) in [6, 6.07) is 6.29. The Labute approximate surface area is 165 Å². The zero-order chi connectivity index (χ0) is 21.6. The molecule has 0 fully saturated rings. The van der Waals surface area contributed by atoms with Crippen LogP contribution in [-0.4, -0.2) is 38.5 Å². The van der Waals surface area contributed by atoms with E-state index in [-0.39, 0.29) is 5.52 Å². The van der Waals surface area contributed by atoms with Gasteiger partial charge in [0.25, 0.3) is 10.0 Å². The Morgan fingerprint density at radius 1 is 1.10 bits per heavy atom. The summed E-state index contributed by atoms with van der Waals surface area (Å²) in [5, 5.41) is 0.583. The van der Waals surface area contributed by atoms with Crippen molar-refractivity contribution < 1.29 is 30.7 Å². The van der Waals surface area contributed by atoms with Crippen LogP contribution in [0.25, 0.3) is 10.9 Å². The lowest BCUT2D eigenvalue weighted by Gasteiger charge is -2.16. The van der Waals surface area contributed by atoms with E-state index in [2.05, 4.69) is 0 Å². The van der Waals surface area contributed by atoms with Gasteiger partial charge in [-0.25, -0.2) is 16.8 Å². The highest BCUT2D eigenvalue weighted by atomic mass is 32.2. The van der Waals surface area contributed by atoms with E-state index in [1.54, 1.807) is 12.1 Å². The summed E-state index contributed by atoms with van der Waals surface area (Å²) < 4.78 is 84.9. The number of nitrogens with zero attached hydrogens (tertiary/aromatic N) is 2. The summed E-state index contributed by atoms with van der Waals surface area (Å²) in [4.78, 5) is 1.22. The lowest BCUT2D eigenvalue weighted by molar-refractivity contribution is -0.140. The molecule has 0 saturated heterocycles. The number of aromatic nitrogens is 1. The summed E-state index contributed by atoms with van der Waals surface area (Å²) in [6.45, 7) is 0.458. The molecule has 0 saturated carbocycles. The Bertz CT molecular complexity index is 1170. The molecule has 0 atom stereocenters. The van der Waals surface area contributed by atoms with E-state index in [1.807, 2.05) is 19.0 Å². The molecule has 2 aromatic carbocycles. The molecule has 0 bridgehead atoms. The Morgan fingerprint density at radius 3 is 2.38 bits per heavy atom. The number of hydrogen-bond acceptors (Lipinski definition) is 4. The molecule has 0 aliphatic rings. The number of alkyl halides is 3. The van der Waals surface area contributed by atoms with Gasteiger partial charge in [0.15, 0.2) is 0 Å². The highest BCUT2D eigenvalue weighted by Crippen LogP contribution is 2.35. The Balaban J connectivity index is 2.21. The molecule has 156 valence electrons. The minimum absolute atomic E-state index is 0.278. The Kier molecular flexibility index (Phi) is 5.35. The number of benzene rings is 2. The summed E-state index contributed by atoms with van der Waals surface area (Å²) in [5.41, 5.74) is -0.621. The van der Waals surface area contributed by atoms with E-state index in [0.717, 1.165) is 15.6 Å². The standard InChI is InChI=1S/C19H18F4N2O3S/c1-24(2)11-14-13-8-9-25(17(13)6-7-18(14)28-3)29(26,27)12-4-5-16(20)15(10-12)19(21,22)23/h4-10H,11H2,1-3H3. The molecule has 0 aliphatic carbocycles. The van der Waals surface area contributed by atoms with Crippen molar-refractivity contribution in [1.82, 2.24) is 8.87 Å². The predicted molar refractivity (Wildman–Crippen MR) is 99.9 cm³/mol. The summed E-state index contributed by atoms with van der Waals surface area (Å²) in [5.74, 6) is -0.977. The van der Waals surface area contributed by atoms with Gasteiger partial charge in [0.2, 0.25) is 0 Å². The van der Waals surface area contributed by atoms with Crippen molar-refractivity contribution in [2.45, 2.75) is 17.6 Å². The molecular weight excluding hydrogens is 412 g/mol. The summed E-state index contributed by atoms with van der Waals surface area (Å²) in [6.07, 6.45) is -3.75. The van der Waals surface area contributed by atoms with E-state index in [4.69, 9.17) is 4.74 Å². The second-order valence-corrected chi connectivity index (χ2v) is 8.49. The van der Waals surface area contributed by atoms with Crippen molar-refractivity contribution >= 4 is 20.9 Å². The third kappa shape index (κ3) is 3.82. The average Bonchev–Trinajstić information content (AvgIpc) is 3.06. The van der Waals surface area contributed by atoms with Crippen LogP contribution in [0.3, 0.4) is 0 Å². The van der Waals surface area contributed by atoms with Gasteiger partial charge in [-0.2, -0.15) is 13.2 Å². The molecule has 29 heavy (non-hydrogen) atoms. The molecule has 1 heterocycles. The van der Waals surface area contributed by atoms with Crippen LogP contribution in [0.15, 0.2) is 47.5 Å². The largest absolute Gasteiger partial charge is 0.496 e. The van der Waals surface area contributed by atoms with Crippen molar-refractivity contribution in [3.05, 3.63) is 59.5 Å². The molecule has 0 amide bonds. The molecular formula is C19H18F4N2O3S. The highest BCUT2D eigenvalue weighted by Gasteiger charge is 2.35. The molecule has 0 radical (unpaired) electrons. The molecule has 3 aromatic rings. The maximum atomic E-state index is 13.6. The van der Waals surface area contributed by atoms with Crippen molar-refractivity contribution in [3.8, 4) is 5.75 Å². The number of methoxy groups -OCH3 is 1. The fourth-order valence-corrected chi connectivity index (χ4v) is 4.48. The molecule has 3 rings (SSSR count). The third-order valence-electron chi connectivity index (χ3n) is 4.40. The van der Waals surface area contributed by atoms with Gasteiger partial charge in [-0.1, -0.05) is 0 Å². The Hall–Kier alpha value is -2.59. The molecule has 5 nitrogen and oxygen atoms in total. The SMILES string of the molecule is COc1ccc2c(ccn2S(=O)(=O)c2ccc(F)c(C(F)(F)F)c2)c1CN(C)C. The molecule has 0 spiro atoms. The minimum atomic E-state index is -5.01. The van der Waals surface area contributed by atoms with Crippen LogP contribution in [0.1, 0.15) is 11.1 Å². The molecule has 0 aliphatic heterocycles. The summed E-state index contributed by atoms with van der Waals surface area (Å²) in [7, 11) is 0.773. The first-order chi connectivity index (χ1) is 13.5. The molecule has 0 unspecified atom stereocenters. The van der Waals surface area contributed by atoms with Gasteiger partial charge in [0, 0.05) is 23.7 Å². The number of hydrogen-bond donors (Lipinski definition) is 0. The second kappa shape index (κ2) is 7.34. The molecule has 0 N–H and O–H groups in total. The number of halogens is 4. The highest BCUT2D eigenvalue weighted by molar-refractivity contribution is 7.90. The van der Waals surface area contributed by atoms with E-state index >= 15 is 0 Å². The van der Waals surface area contributed by atoms with E-state index in [1.165, 1.54) is 19.4 Å². The number of rotatable bonds is 5. The zero-order valence-corrected chi connectivity index (χ0v) is 16.6. The average molecular weight is 430 g/mol. The van der Waals surface area contributed by atoms with E-state index in [0.29, 0.717) is 29.8 Å². The van der Waals surface area contributed by atoms with Gasteiger partial charge in [-0.05, 0) is 50.5 Å². The van der Waals surface area contributed by atoms with Crippen LogP contribution in [0, 0.1) is 5.82 Å². The maximum absolute atomic E-state index is 13.6. The van der Waals surface area contributed by atoms with E-state index < -0.39 is 32.5 Å². The first-order valence-electron chi connectivity index (χ1n) is 8.41. The van der Waals surface area contributed by atoms with Gasteiger partial charge >= 0.3 is 6.18 Å². The molecule has 1 aromatic heterocycles. The number of ether oxygens (including phenoxy) is 1. The second-order valence-electron chi connectivity index (χ2n) is 6.67. The van der Waals surface area contributed by atoms with Crippen LogP contribution >= 0.6 is 0 Å². The fraction of sp³-hybridized carbons (Fsp3) is 0.263. The van der Waals surface area contributed by atoms with Crippen molar-refractivity contribution in [1.29, 1.82) is 0 Å². The van der Waals surface area contributed by atoms with Gasteiger partial charge < -0.3 is 9.64 Å². The van der Waals surface area contributed by atoms with Crippen molar-refractivity contribution in [3.63, 3.8) is 0 Å². The van der Waals surface area contributed by atoms with Gasteiger partial charge in [0.1, 0.15) is 11.6 Å². The first-order valence-corrected chi connectivity index (χ1v) is 9.85. The van der Waals surface area contributed by atoms with Gasteiger partial charge in [-0.3, -0.25) is 0 Å². The minimum Gasteiger partial charge on any atom is -0.496 e.